The second-order valence-electron chi connectivity index (χ2n) is 9.05. The van der Waals surface area contributed by atoms with Crippen LogP contribution in [0.25, 0.3) is 22.2 Å². The Hall–Kier alpha value is -4.72. The Morgan fingerprint density at radius 1 is 1.13 bits per heavy atom. The summed E-state index contributed by atoms with van der Waals surface area (Å²) < 4.78 is 42.5. The van der Waals surface area contributed by atoms with Crippen LogP contribution in [0.1, 0.15) is 37.8 Å². The van der Waals surface area contributed by atoms with Gasteiger partial charge in [0, 0.05) is 23.9 Å². The lowest BCUT2D eigenvalue weighted by atomic mass is 10.00. The van der Waals surface area contributed by atoms with Crippen LogP contribution < -0.4 is 19.9 Å². The molecule has 39 heavy (non-hydrogen) atoms. The van der Waals surface area contributed by atoms with E-state index in [1.807, 2.05) is 12.1 Å². The van der Waals surface area contributed by atoms with E-state index in [0.29, 0.717) is 22.5 Å². The van der Waals surface area contributed by atoms with Crippen molar-refractivity contribution >= 4 is 22.6 Å². The van der Waals surface area contributed by atoms with Gasteiger partial charge in [-0.15, -0.1) is 8.78 Å². The highest BCUT2D eigenvalue weighted by Crippen LogP contribution is 2.43. The van der Waals surface area contributed by atoms with Gasteiger partial charge in [-0.3, -0.25) is 9.59 Å². The minimum atomic E-state index is -3.78. The Morgan fingerprint density at radius 2 is 1.92 bits per heavy atom. The van der Waals surface area contributed by atoms with Crippen LogP contribution in [-0.2, 0) is 17.8 Å². The molecule has 11 heteroatoms. The molecule has 9 nitrogen and oxygen atoms in total. The van der Waals surface area contributed by atoms with Gasteiger partial charge in [-0.2, -0.15) is 10.4 Å². The van der Waals surface area contributed by atoms with Gasteiger partial charge in [0.05, 0.1) is 23.3 Å². The van der Waals surface area contributed by atoms with E-state index in [-0.39, 0.29) is 29.0 Å². The fourth-order valence-electron chi connectivity index (χ4n) is 4.55. The lowest BCUT2D eigenvalue weighted by molar-refractivity contribution is -0.286. The number of rotatable bonds is 8. The van der Waals surface area contributed by atoms with E-state index in [2.05, 4.69) is 27.6 Å². The molecular formula is C28H24F2N4O5. The lowest BCUT2D eigenvalue weighted by Crippen LogP contribution is -2.37. The van der Waals surface area contributed by atoms with Crippen molar-refractivity contribution in [1.82, 2.24) is 9.78 Å². The topological polar surface area (TPSA) is 111 Å². The number of anilines is 1. The Kier molecular flexibility index (Phi) is 6.78. The lowest BCUT2D eigenvalue weighted by Gasteiger charge is -2.21. The molecule has 0 aliphatic carbocycles. The average molecular weight is 535 g/mol. The number of likely N-dealkylation sites (N-methyl/N-ethyl adjacent to an activating group) is 1. The summed E-state index contributed by atoms with van der Waals surface area (Å²) in [5, 5.41) is 14.3. The molecular weight excluding hydrogens is 510 g/mol. The maximum Gasteiger partial charge on any atom is 0.586 e. The molecule has 5 rings (SSSR count). The van der Waals surface area contributed by atoms with Crippen LogP contribution in [0.5, 0.6) is 11.5 Å². The SMILES string of the molecule is CCCCc1cc(C#N)cc(-c2nn(CC(=O)N(CC)c3ccc4c(c3)OC(F)(F)O4)c(=O)c3ccoc23)c1. The van der Waals surface area contributed by atoms with E-state index in [9.17, 15) is 23.6 Å². The van der Waals surface area contributed by atoms with Gasteiger partial charge in [0.2, 0.25) is 5.91 Å². The molecule has 0 atom stereocenters. The van der Waals surface area contributed by atoms with Crippen LogP contribution in [0.2, 0.25) is 0 Å². The Balaban J connectivity index is 1.51. The third-order valence-corrected chi connectivity index (χ3v) is 6.38. The van der Waals surface area contributed by atoms with Crippen molar-refractivity contribution < 1.29 is 27.5 Å². The number of unbranched alkanes of at least 4 members (excludes halogenated alkanes) is 1. The number of amides is 1. The zero-order chi connectivity index (χ0) is 27.7. The summed E-state index contributed by atoms with van der Waals surface area (Å²) >= 11 is 0. The van der Waals surface area contributed by atoms with E-state index in [4.69, 9.17) is 4.42 Å². The first-order valence-corrected chi connectivity index (χ1v) is 12.5. The standard InChI is InChI=1S/C28H24F2N4O5/c1-3-5-6-17-11-18(15-31)13-19(12-17)25-26-21(9-10-37-26)27(36)34(32-25)16-24(35)33(4-2)20-7-8-22-23(14-20)39-28(29,30)38-22/h7-14H,3-6,16H2,1-2H3. The highest BCUT2D eigenvalue weighted by atomic mass is 19.3. The number of fused-ring (bicyclic) bond motifs is 2. The minimum absolute atomic E-state index is 0.141. The Morgan fingerprint density at radius 3 is 2.67 bits per heavy atom. The van der Waals surface area contributed by atoms with Gasteiger partial charge >= 0.3 is 6.29 Å². The molecule has 0 radical (unpaired) electrons. The fourth-order valence-corrected chi connectivity index (χ4v) is 4.55. The zero-order valence-corrected chi connectivity index (χ0v) is 21.2. The van der Waals surface area contributed by atoms with E-state index in [1.54, 1.807) is 13.0 Å². The van der Waals surface area contributed by atoms with Gasteiger partial charge in [-0.1, -0.05) is 13.3 Å². The highest BCUT2D eigenvalue weighted by Gasteiger charge is 2.43. The van der Waals surface area contributed by atoms with E-state index in [1.165, 1.54) is 35.4 Å². The number of hydrogen-bond donors (Lipinski definition) is 0. The largest absolute Gasteiger partial charge is 0.586 e. The smallest absolute Gasteiger partial charge is 0.462 e. The summed E-state index contributed by atoms with van der Waals surface area (Å²) in [6.07, 6.45) is 0.284. The number of nitriles is 1. The summed E-state index contributed by atoms with van der Waals surface area (Å²) in [6.45, 7) is 3.55. The maximum absolute atomic E-state index is 13.5. The zero-order valence-electron chi connectivity index (χ0n) is 21.2. The first-order valence-electron chi connectivity index (χ1n) is 12.5. The molecule has 3 heterocycles. The van der Waals surface area contributed by atoms with Crippen LogP contribution in [-0.4, -0.2) is 28.5 Å². The van der Waals surface area contributed by atoms with E-state index < -0.39 is 24.3 Å². The second kappa shape index (κ2) is 10.2. The predicted molar refractivity (Wildman–Crippen MR) is 138 cm³/mol. The van der Waals surface area contributed by atoms with Crippen molar-refractivity contribution in [2.75, 3.05) is 11.4 Å². The van der Waals surface area contributed by atoms with Gasteiger partial charge in [-0.05, 0) is 61.7 Å². The molecule has 0 bridgehead atoms. The second-order valence-corrected chi connectivity index (χ2v) is 9.05. The number of furan rings is 1. The summed E-state index contributed by atoms with van der Waals surface area (Å²) in [6, 6.07) is 13.1. The van der Waals surface area contributed by atoms with E-state index >= 15 is 0 Å². The monoisotopic (exact) mass is 534 g/mol. The molecule has 1 aliphatic heterocycles. The van der Waals surface area contributed by atoms with Crippen LogP contribution in [0.15, 0.2) is 57.9 Å². The Labute approximate surface area is 221 Å². The molecule has 0 saturated heterocycles. The fraction of sp³-hybridized carbons (Fsp3) is 0.286. The van der Waals surface area contributed by atoms with Crippen molar-refractivity contribution in [2.45, 2.75) is 45.9 Å². The molecule has 0 N–H and O–H groups in total. The normalized spacial score (nSPS) is 13.4. The molecule has 1 amide bonds. The number of carbonyl (C=O) groups excluding carboxylic acids is 1. The number of nitrogens with zero attached hydrogens (tertiary/aromatic N) is 4. The molecule has 2 aromatic carbocycles. The molecule has 0 saturated carbocycles. The first-order chi connectivity index (χ1) is 18.7. The summed E-state index contributed by atoms with van der Waals surface area (Å²) in [5.74, 6) is -0.837. The third-order valence-electron chi connectivity index (χ3n) is 6.38. The van der Waals surface area contributed by atoms with Crippen molar-refractivity contribution in [3.8, 4) is 28.8 Å². The molecule has 1 aliphatic rings. The van der Waals surface area contributed by atoms with Gasteiger partial charge in [-0.25, -0.2) is 4.68 Å². The summed E-state index contributed by atoms with van der Waals surface area (Å²) in [5.41, 5.74) is 2.33. The number of halogens is 2. The molecule has 0 unspecified atom stereocenters. The average Bonchev–Trinajstić information content (AvgIpc) is 3.52. The number of benzene rings is 2. The number of aromatic nitrogens is 2. The van der Waals surface area contributed by atoms with Gasteiger partial charge in [0.15, 0.2) is 17.1 Å². The van der Waals surface area contributed by atoms with Gasteiger partial charge in [0.1, 0.15) is 12.2 Å². The van der Waals surface area contributed by atoms with Crippen molar-refractivity contribution in [3.63, 3.8) is 0 Å². The quantitative estimate of drug-likeness (QED) is 0.304. The van der Waals surface area contributed by atoms with Crippen molar-refractivity contribution in [1.29, 1.82) is 5.26 Å². The summed E-state index contributed by atoms with van der Waals surface area (Å²) in [7, 11) is 0. The molecule has 0 fully saturated rings. The van der Waals surface area contributed by atoms with Crippen LogP contribution in [0, 0.1) is 11.3 Å². The maximum atomic E-state index is 13.5. The molecule has 2 aromatic heterocycles. The van der Waals surface area contributed by atoms with Gasteiger partial charge in [0.25, 0.3) is 5.56 Å². The Bertz CT molecular complexity index is 1670. The number of ether oxygens (including phenoxy) is 2. The molecule has 4 aromatic rings. The number of alkyl halides is 2. The van der Waals surface area contributed by atoms with Crippen LogP contribution in [0.4, 0.5) is 14.5 Å². The predicted octanol–water partition coefficient (Wildman–Crippen LogP) is 5.25. The number of carbonyl (C=O) groups is 1. The third kappa shape index (κ3) is 5.05. The summed E-state index contributed by atoms with van der Waals surface area (Å²) in [4.78, 5) is 27.9. The minimum Gasteiger partial charge on any atom is -0.462 e. The van der Waals surface area contributed by atoms with E-state index in [0.717, 1.165) is 29.5 Å². The highest BCUT2D eigenvalue weighted by molar-refractivity contribution is 5.94. The molecule has 200 valence electrons. The molecule has 0 spiro atoms. The van der Waals surface area contributed by atoms with Crippen molar-refractivity contribution in [2.24, 2.45) is 0 Å². The van der Waals surface area contributed by atoms with Crippen LogP contribution >= 0.6 is 0 Å². The van der Waals surface area contributed by atoms with Crippen molar-refractivity contribution in [3.05, 3.63) is 70.2 Å². The van der Waals surface area contributed by atoms with Crippen LogP contribution in [0.3, 0.4) is 0 Å². The van der Waals surface area contributed by atoms with Gasteiger partial charge < -0.3 is 18.8 Å². The number of aryl methyl sites for hydroxylation is 1. The number of hydrogen-bond acceptors (Lipinski definition) is 7. The first kappa shape index (κ1) is 25.9.